The smallest absolute Gasteiger partial charge is 0.0756 e. The van der Waals surface area contributed by atoms with Gasteiger partial charge in [0.15, 0.2) is 0 Å². The summed E-state index contributed by atoms with van der Waals surface area (Å²) in [5.41, 5.74) is 4.69. The molecule has 0 saturated heterocycles. The molecular formula is C14H21N5. The molecule has 2 rings (SSSR count). The Morgan fingerprint density at radius 3 is 2.63 bits per heavy atom. The Kier molecular flexibility index (Phi) is 4.27. The SMILES string of the molecule is CNC(CCc1c(C)nn(C)c1C)c1cnccn1. The lowest BCUT2D eigenvalue weighted by Gasteiger charge is -2.15. The van der Waals surface area contributed by atoms with E-state index >= 15 is 0 Å². The van der Waals surface area contributed by atoms with Crippen molar-refractivity contribution < 1.29 is 0 Å². The normalized spacial score (nSPS) is 12.6. The largest absolute Gasteiger partial charge is 0.312 e. The van der Waals surface area contributed by atoms with Crippen molar-refractivity contribution in [2.75, 3.05) is 7.05 Å². The zero-order chi connectivity index (χ0) is 13.8. The minimum atomic E-state index is 0.229. The second-order valence-corrected chi connectivity index (χ2v) is 4.78. The van der Waals surface area contributed by atoms with Crippen molar-refractivity contribution in [3.05, 3.63) is 41.2 Å². The molecule has 2 aromatic rings. The van der Waals surface area contributed by atoms with Crippen molar-refractivity contribution in [2.45, 2.75) is 32.7 Å². The summed E-state index contributed by atoms with van der Waals surface area (Å²) in [6.45, 7) is 4.19. The fourth-order valence-electron chi connectivity index (χ4n) is 2.40. The summed E-state index contributed by atoms with van der Waals surface area (Å²) in [7, 11) is 3.95. The first-order valence-electron chi connectivity index (χ1n) is 6.55. The lowest BCUT2D eigenvalue weighted by atomic mass is 10.0. The number of nitrogens with one attached hydrogen (secondary N) is 1. The second kappa shape index (κ2) is 5.93. The summed E-state index contributed by atoms with van der Waals surface area (Å²) in [6, 6.07) is 0.229. The van der Waals surface area contributed by atoms with Gasteiger partial charge < -0.3 is 5.32 Å². The molecule has 1 atom stereocenters. The fraction of sp³-hybridized carbons (Fsp3) is 0.500. The van der Waals surface area contributed by atoms with Gasteiger partial charge in [-0.2, -0.15) is 5.10 Å². The monoisotopic (exact) mass is 259 g/mol. The first-order valence-corrected chi connectivity index (χ1v) is 6.55. The number of hydrogen-bond acceptors (Lipinski definition) is 4. The van der Waals surface area contributed by atoms with E-state index in [0.29, 0.717) is 0 Å². The van der Waals surface area contributed by atoms with Gasteiger partial charge in [-0.25, -0.2) is 0 Å². The number of nitrogens with zero attached hydrogens (tertiary/aromatic N) is 4. The molecule has 0 aliphatic heterocycles. The van der Waals surface area contributed by atoms with Gasteiger partial charge in [-0.15, -0.1) is 0 Å². The average molecular weight is 259 g/mol. The molecule has 0 spiro atoms. The van der Waals surface area contributed by atoms with Gasteiger partial charge in [-0.05, 0) is 39.3 Å². The quantitative estimate of drug-likeness (QED) is 0.888. The van der Waals surface area contributed by atoms with E-state index in [-0.39, 0.29) is 6.04 Å². The van der Waals surface area contributed by atoms with Crippen molar-refractivity contribution in [3.8, 4) is 0 Å². The molecule has 5 nitrogen and oxygen atoms in total. The first kappa shape index (κ1) is 13.7. The summed E-state index contributed by atoms with van der Waals surface area (Å²) < 4.78 is 1.95. The van der Waals surface area contributed by atoms with E-state index < -0.39 is 0 Å². The van der Waals surface area contributed by atoms with E-state index in [1.165, 1.54) is 11.3 Å². The van der Waals surface area contributed by atoms with Crippen LogP contribution >= 0.6 is 0 Å². The maximum Gasteiger partial charge on any atom is 0.0756 e. The van der Waals surface area contributed by atoms with E-state index in [0.717, 1.165) is 24.2 Å². The average Bonchev–Trinajstić information content (AvgIpc) is 2.66. The Morgan fingerprint density at radius 2 is 2.11 bits per heavy atom. The van der Waals surface area contributed by atoms with Crippen LogP contribution in [0.25, 0.3) is 0 Å². The molecule has 0 aromatic carbocycles. The molecule has 102 valence electrons. The number of rotatable bonds is 5. The highest BCUT2D eigenvalue weighted by molar-refractivity contribution is 5.24. The molecule has 2 aromatic heterocycles. The predicted molar refractivity (Wildman–Crippen MR) is 74.8 cm³/mol. The molecule has 19 heavy (non-hydrogen) atoms. The van der Waals surface area contributed by atoms with Gasteiger partial charge in [0.1, 0.15) is 0 Å². The molecule has 0 saturated carbocycles. The van der Waals surface area contributed by atoms with Crippen LogP contribution < -0.4 is 5.32 Å². The van der Waals surface area contributed by atoms with Gasteiger partial charge in [-0.1, -0.05) is 0 Å². The fourth-order valence-corrected chi connectivity index (χ4v) is 2.40. The molecule has 0 aliphatic rings. The second-order valence-electron chi connectivity index (χ2n) is 4.78. The zero-order valence-electron chi connectivity index (χ0n) is 12.0. The van der Waals surface area contributed by atoms with Gasteiger partial charge in [0.25, 0.3) is 0 Å². The first-order chi connectivity index (χ1) is 9.13. The van der Waals surface area contributed by atoms with E-state index in [2.05, 4.69) is 34.2 Å². The van der Waals surface area contributed by atoms with Crippen molar-refractivity contribution in [3.63, 3.8) is 0 Å². The minimum Gasteiger partial charge on any atom is -0.312 e. The molecule has 0 aliphatic carbocycles. The topological polar surface area (TPSA) is 55.6 Å². The van der Waals surface area contributed by atoms with Gasteiger partial charge in [-0.3, -0.25) is 14.6 Å². The summed E-state index contributed by atoms with van der Waals surface area (Å²) in [5.74, 6) is 0. The van der Waals surface area contributed by atoms with Crippen LogP contribution in [0.4, 0.5) is 0 Å². The Morgan fingerprint density at radius 1 is 1.32 bits per heavy atom. The summed E-state index contributed by atoms with van der Waals surface area (Å²) in [5, 5.41) is 7.76. The highest BCUT2D eigenvalue weighted by Gasteiger charge is 2.14. The number of aromatic nitrogens is 4. The summed E-state index contributed by atoms with van der Waals surface area (Å²) in [4.78, 5) is 8.50. The van der Waals surface area contributed by atoms with Crippen molar-refractivity contribution in [2.24, 2.45) is 7.05 Å². The highest BCUT2D eigenvalue weighted by Crippen LogP contribution is 2.20. The zero-order valence-corrected chi connectivity index (χ0v) is 12.0. The Balaban J connectivity index is 2.08. The van der Waals surface area contributed by atoms with Crippen LogP contribution in [0.15, 0.2) is 18.6 Å². The van der Waals surface area contributed by atoms with Gasteiger partial charge in [0, 0.05) is 31.3 Å². The van der Waals surface area contributed by atoms with Crippen LogP contribution in [0.1, 0.15) is 35.1 Å². The predicted octanol–water partition coefficient (Wildman–Crippen LogP) is 1.72. The third kappa shape index (κ3) is 2.98. The van der Waals surface area contributed by atoms with Gasteiger partial charge >= 0.3 is 0 Å². The molecule has 5 heteroatoms. The molecule has 0 fully saturated rings. The third-order valence-electron chi connectivity index (χ3n) is 3.63. The standard InChI is InChI=1S/C14H21N5/c1-10-12(11(2)19(4)18-10)5-6-13(15-3)14-9-16-7-8-17-14/h7-9,13,15H,5-6H2,1-4H3. The van der Waals surface area contributed by atoms with Gasteiger partial charge in [0.2, 0.25) is 0 Å². The highest BCUT2D eigenvalue weighted by atomic mass is 15.3. The third-order valence-corrected chi connectivity index (χ3v) is 3.63. The van der Waals surface area contributed by atoms with E-state index in [9.17, 15) is 0 Å². The Hall–Kier alpha value is -1.75. The van der Waals surface area contributed by atoms with Crippen molar-refractivity contribution in [1.29, 1.82) is 0 Å². The van der Waals surface area contributed by atoms with Gasteiger partial charge in [0.05, 0.1) is 17.4 Å². The lowest BCUT2D eigenvalue weighted by molar-refractivity contribution is 0.532. The lowest BCUT2D eigenvalue weighted by Crippen LogP contribution is -2.18. The molecule has 2 heterocycles. The van der Waals surface area contributed by atoms with Crippen LogP contribution in [0.2, 0.25) is 0 Å². The molecule has 0 radical (unpaired) electrons. The maximum absolute atomic E-state index is 4.46. The van der Waals surface area contributed by atoms with E-state index in [4.69, 9.17) is 0 Å². The van der Waals surface area contributed by atoms with Crippen LogP contribution in [0, 0.1) is 13.8 Å². The minimum absolute atomic E-state index is 0.229. The number of hydrogen-bond donors (Lipinski definition) is 1. The summed E-state index contributed by atoms with van der Waals surface area (Å²) in [6.07, 6.45) is 7.24. The van der Waals surface area contributed by atoms with Crippen molar-refractivity contribution >= 4 is 0 Å². The van der Waals surface area contributed by atoms with Crippen LogP contribution in [-0.2, 0) is 13.5 Å². The molecule has 0 amide bonds. The van der Waals surface area contributed by atoms with Crippen molar-refractivity contribution in [1.82, 2.24) is 25.1 Å². The molecular weight excluding hydrogens is 238 g/mol. The Bertz CT molecular complexity index is 532. The molecule has 0 bridgehead atoms. The van der Waals surface area contributed by atoms with Crippen LogP contribution in [0.3, 0.4) is 0 Å². The van der Waals surface area contributed by atoms with E-state index in [1.807, 2.05) is 25.0 Å². The molecule has 1 N–H and O–H groups in total. The molecule has 1 unspecified atom stereocenters. The maximum atomic E-state index is 4.46. The van der Waals surface area contributed by atoms with Crippen LogP contribution in [0.5, 0.6) is 0 Å². The Labute approximate surface area is 114 Å². The number of aryl methyl sites for hydroxylation is 2. The summed E-state index contributed by atoms with van der Waals surface area (Å²) >= 11 is 0. The van der Waals surface area contributed by atoms with E-state index in [1.54, 1.807) is 12.4 Å². The van der Waals surface area contributed by atoms with Crippen LogP contribution in [-0.4, -0.2) is 26.8 Å².